The fourth-order valence-electron chi connectivity index (χ4n) is 2.47. The van der Waals surface area contributed by atoms with Crippen LogP contribution in [-0.2, 0) is 12.8 Å². The van der Waals surface area contributed by atoms with E-state index < -0.39 is 0 Å². The number of rotatable bonds is 3. The lowest BCUT2D eigenvalue weighted by molar-refractivity contribution is 0.0935. The Balaban J connectivity index is 1.78. The third-order valence-corrected chi connectivity index (χ3v) is 4.22. The molecule has 0 saturated carbocycles. The van der Waals surface area contributed by atoms with Crippen LogP contribution in [0.1, 0.15) is 52.5 Å². The summed E-state index contributed by atoms with van der Waals surface area (Å²) in [6, 6.07) is 1.99. The Labute approximate surface area is 115 Å². The quantitative estimate of drug-likeness (QED) is 0.936. The molecule has 1 atom stereocenters. The molecule has 0 spiro atoms. The number of amides is 1. The number of furan rings is 1. The molecule has 0 aromatic carbocycles. The fraction of sp³-hybridized carbons (Fsp3) is 0.462. The van der Waals surface area contributed by atoms with Gasteiger partial charge in [0.15, 0.2) is 0 Å². The van der Waals surface area contributed by atoms with Crippen molar-refractivity contribution in [2.75, 3.05) is 0 Å². The first-order valence-corrected chi connectivity index (χ1v) is 7.25. The molecule has 1 N–H and O–H groups in total. The zero-order valence-electron chi connectivity index (χ0n) is 10.7. The molecule has 2 aromatic heterocycles. The molecule has 1 aliphatic carbocycles. The van der Waals surface area contributed by atoms with Crippen LogP contribution in [0, 0.1) is 0 Å². The van der Waals surface area contributed by atoms with Crippen molar-refractivity contribution in [1.29, 1.82) is 0 Å². The molecule has 3 rings (SSSR count). The summed E-state index contributed by atoms with van der Waals surface area (Å²) in [6.45, 7) is 1.97. The van der Waals surface area contributed by atoms with Crippen molar-refractivity contribution in [3.63, 3.8) is 0 Å². The fourth-order valence-corrected chi connectivity index (χ4v) is 3.13. The molecule has 100 valence electrons. The van der Waals surface area contributed by atoms with Crippen LogP contribution in [0.15, 0.2) is 16.7 Å². The van der Waals surface area contributed by atoms with E-state index >= 15 is 0 Å². The first-order chi connectivity index (χ1) is 9.29. The second-order valence-corrected chi connectivity index (χ2v) is 5.37. The molecular formula is C13H15N3O2S. The minimum atomic E-state index is -0.0779. The zero-order valence-corrected chi connectivity index (χ0v) is 11.5. The molecule has 1 amide bonds. The van der Waals surface area contributed by atoms with Crippen LogP contribution >= 0.6 is 11.5 Å². The Kier molecular flexibility index (Phi) is 3.33. The van der Waals surface area contributed by atoms with Gasteiger partial charge in [0.05, 0.1) is 18.0 Å². The monoisotopic (exact) mass is 277 g/mol. The highest BCUT2D eigenvalue weighted by Gasteiger charge is 2.25. The molecule has 0 saturated heterocycles. The van der Waals surface area contributed by atoms with Gasteiger partial charge in [0.2, 0.25) is 0 Å². The molecule has 6 heteroatoms. The summed E-state index contributed by atoms with van der Waals surface area (Å²) >= 11 is 1.16. The number of hydrogen-bond acceptors (Lipinski definition) is 5. The van der Waals surface area contributed by atoms with E-state index in [2.05, 4.69) is 14.9 Å². The van der Waals surface area contributed by atoms with Crippen molar-refractivity contribution >= 4 is 17.4 Å². The minimum Gasteiger partial charge on any atom is -0.469 e. The maximum absolute atomic E-state index is 12.3. The Morgan fingerprint density at radius 1 is 1.63 bits per heavy atom. The lowest BCUT2D eigenvalue weighted by Crippen LogP contribution is -2.30. The number of aromatic nitrogens is 2. The molecule has 0 radical (unpaired) electrons. The molecular weight excluding hydrogens is 262 g/mol. The summed E-state index contributed by atoms with van der Waals surface area (Å²) in [4.78, 5) is 12.9. The van der Waals surface area contributed by atoms with E-state index in [4.69, 9.17) is 4.42 Å². The zero-order chi connectivity index (χ0) is 13.2. The van der Waals surface area contributed by atoms with Crippen molar-refractivity contribution in [1.82, 2.24) is 14.9 Å². The third kappa shape index (κ3) is 2.28. The Hall–Kier alpha value is -1.69. The number of fused-ring (bicyclic) bond motifs is 1. The number of carbonyl (C=O) groups is 1. The van der Waals surface area contributed by atoms with E-state index in [9.17, 15) is 4.79 Å². The van der Waals surface area contributed by atoms with Gasteiger partial charge in [-0.05, 0) is 36.9 Å². The van der Waals surface area contributed by atoms with E-state index in [-0.39, 0.29) is 11.9 Å². The van der Waals surface area contributed by atoms with Gasteiger partial charge in [0.25, 0.3) is 5.91 Å². The lowest BCUT2D eigenvalue weighted by atomic mass is 9.93. The summed E-state index contributed by atoms with van der Waals surface area (Å²) in [5, 5.41) is 7.04. The molecule has 0 fully saturated rings. The van der Waals surface area contributed by atoms with Crippen LogP contribution in [0.2, 0.25) is 0 Å². The summed E-state index contributed by atoms with van der Waals surface area (Å²) in [6.07, 6.45) is 5.36. The number of nitrogens with zero attached hydrogens (tertiary/aromatic N) is 2. The van der Waals surface area contributed by atoms with Gasteiger partial charge < -0.3 is 9.73 Å². The highest BCUT2D eigenvalue weighted by molar-refractivity contribution is 7.08. The smallest absolute Gasteiger partial charge is 0.265 e. The molecule has 2 heterocycles. The number of carbonyl (C=O) groups excluding carboxylic acids is 1. The Bertz CT molecular complexity index is 590. The maximum Gasteiger partial charge on any atom is 0.265 e. The van der Waals surface area contributed by atoms with Gasteiger partial charge in [-0.15, -0.1) is 5.10 Å². The SMILES string of the molecule is CCc1nnsc1C(=O)N[C@H]1CCCc2occc21. The normalized spacial score (nSPS) is 18.1. The summed E-state index contributed by atoms with van der Waals surface area (Å²) in [7, 11) is 0. The topological polar surface area (TPSA) is 68.0 Å². The largest absolute Gasteiger partial charge is 0.469 e. The van der Waals surface area contributed by atoms with Crippen LogP contribution in [0.25, 0.3) is 0 Å². The average molecular weight is 277 g/mol. The molecule has 0 unspecified atom stereocenters. The summed E-state index contributed by atoms with van der Waals surface area (Å²) < 4.78 is 9.28. The van der Waals surface area contributed by atoms with Crippen molar-refractivity contribution in [3.8, 4) is 0 Å². The molecule has 5 nitrogen and oxygen atoms in total. The van der Waals surface area contributed by atoms with E-state index in [0.717, 1.165) is 54.2 Å². The van der Waals surface area contributed by atoms with Crippen molar-refractivity contribution in [3.05, 3.63) is 34.2 Å². The number of hydrogen-bond donors (Lipinski definition) is 1. The van der Waals surface area contributed by atoms with E-state index in [1.165, 1.54) is 0 Å². The van der Waals surface area contributed by atoms with Gasteiger partial charge in [0, 0.05) is 12.0 Å². The third-order valence-electron chi connectivity index (χ3n) is 3.45. The van der Waals surface area contributed by atoms with Gasteiger partial charge in [-0.3, -0.25) is 4.79 Å². The number of nitrogens with one attached hydrogen (secondary N) is 1. The Morgan fingerprint density at radius 3 is 3.37 bits per heavy atom. The van der Waals surface area contributed by atoms with Crippen molar-refractivity contribution in [2.24, 2.45) is 0 Å². The average Bonchev–Trinajstić information content (AvgIpc) is 3.07. The van der Waals surface area contributed by atoms with Crippen LogP contribution in [0.4, 0.5) is 0 Å². The summed E-state index contributed by atoms with van der Waals surface area (Å²) in [5.74, 6) is 0.917. The van der Waals surface area contributed by atoms with E-state index in [1.807, 2.05) is 13.0 Å². The van der Waals surface area contributed by atoms with Crippen LogP contribution in [0.5, 0.6) is 0 Å². The second kappa shape index (κ2) is 5.13. The van der Waals surface area contributed by atoms with Gasteiger partial charge in [-0.25, -0.2) is 0 Å². The van der Waals surface area contributed by atoms with Crippen LogP contribution in [0.3, 0.4) is 0 Å². The summed E-state index contributed by atoms with van der Waals surface area (Å²) in [5.41, 5.74) is 1.88. The molecule has 19 heavy (non-hydrogen) atoms. The standard InChI is InChI=1S/C13H15N3O2S/c1-2-9-12(19-16-15-9)13(17)14-10-4-3-5-11-8(10)6-7-18-11/h6-7,10H,2-5H2,1H3,(H,14,17)/t10-/m0/s1. The van der Waals surface area contributed by atoms with Gasteiger partial charge >= 0.3 is 0 Å². The lowest BCUT2D eigenvalue weighted by Gasteiger charge is -2.22. The first-order valence-electron chi connectivity index (χ1n) is 6.48. The highest BCUT2D eigenvalue weighted by atomic mass is 32.1. The molecule has 2 aromatic rings. The van der Waals surface area contributed by atoms with Crippen molar-refractivity contribution < 1.29 is 9.21 Å². The van der Waals surface area contributed by atoms with Crippen LogP contribution < -0.4 is 5.32 Å². The van der Waals surface area contributed by atoms with E-state index in [0.29, 0.717) is 4.88 Å². The second-order valence-electron chi connectivity index (χ2n) is 4.62. The van der Waals surface area contributed by atoms with Crippen LogP contribution in [-0.4, -0.2) is 15.5 Å². The molecule has 0 bridgehead atoms. The first kappa shape index (κ1) is 12.3. The minimum absolute atomic E-state index is 0.0433. The Morgan fingerprint density at radius 2 is 2.53 bits per heavy atom. The van der Waals surface area contributed by atoms with Crippen molar-refractivity contribution in [2.45, 2.75) is 38.6 Å². The van der Waals surface area contributed by atoms with Gasteiger partial charge in [-0.2, -0.15) is 0 Å². The van der Waals surface area contributed by atoms with E-state index in [1.54, 1.807) is 6.26 Å². The number of aryl methyl sites for hydroxylation is 2. The van der Waals surface area contributed by atoms with Gasteiger partial charge in [0.1, 0.15) is 10.6 Å². The highest BCUT2D eigenvalue weighted by Crippen LogP contribution is 2.30. The molecule has 0 aliphatic heterocycles. The van der Waals surface area contributed by atoms with Gasteiger partial charge in [-0.1, -0.05) is 11.4 Å². The molecule has 1 aliphatic rings. The maximum atomic E-state index is 12.3. The predicted octanol–water partition coefficient (Wildman–Crippen LogP) is 2.50. The predicted molar refractivity (Wildman–Crippen MR) is 71.1 cm³/mol.